The number of benzene rings is 2. The molecule has 1 aliphatic heterocycles. The van der Waals surface area contributed by atoms with Crippen molar-refractivity contribution >= 4 is 57.9 Å². The van der Waals surface area contributed by atoms with E-state index in [0.717, 1.165) is 12.8 Å². The first-order valence-electron chi connectivity index (χ1n) is 12.1. The maximum Gasteiger partial charge on any atom is 0.337 e. The molecule has 2 heterocycles. The Kier molecular flexibility index (Phi) is 7.48. The van der Waals surface area contributed by atoms with Crippen molar-refractivity contribution in [1.29, 1.82) is 0 Å². The number of β-amino-alcohol motifs (C(OH)–C–C–N with tert-alkyl or cyclic N) is 1. The first-order chi connectivity index (χ1) is 18.6. The standard InChI is InChI=1S/C28H24Cl3N3O5/c29-21-2-1-3-22(30)24(21)25(32)19(26(35)15-4-5-15)12-39-18-6-7-20(23(31)9-18)28(38)13-34(14-28)17-8-16(27(36)37)10-33-11-17/h1-3,6-11,15,38H,4-5,12-14,32H2,(H,36,37). The van der Waals surface area contributed by atoms with Crippen molar-refractivity contribution in [3.63, 3.8) is 0 Å². The molecule has 2 fully saturated rings. The highest BCUT2D eigenvalue weighted by molar-refractivity contribution is 6.37. The Morgan fingerprint density at radius 2 is 1.74 bits per heavy atom. The van der Waals surface area contributed by atoms with Gasteiger partial charge in [0.2, 0.25) is 0 Å². The number of Topliss-reactive ketones (excluding diaryl/α,β-unsaturated/α-hetero) is 1. The van der Waals surface area contributed by atoms with Crippen LogP contribution < -0.4 is 15.4 Å². The molecule has 0 atom stereocenters. The maximum atomic E-state index is 13.1. The van der Waals surface area contributed by atoms with Gasteiger partial charge in [-0.05, 0) is 43.2 Å². The van der Waals surface area contributed by atoms with Crippen molar-refractivity contribution in [1.82, 2.24) is 4.98 Å². The van der Waals surface area contributed by atoms with Gasteiger partial charge in [0.25, 0.3) is 0 Å². The van der Waals surface area contributed by atoms with Crippen LogP contribution in [0.2, 0.25) is 15.1 Å². The second-order valence-electron chi connectivity index (χ2n) is 9.68. The number of carbonyl (C=O) groups is 2. The molecule has 1 aliphatic carbocycles. The van der Waals surface area contributed by atoms with Crippen LogP contribution in [-0.2, 0) is 10.4 Å². The number of ketones is 1. The van der Waals surface area contributed by atoms with Gasteiger partial charge in [-0.3, -0.25) is 9.78 Å². The Hall–Kier alpha value is -3.30. The molecule has 0 amide bonds. The number of hydrogen-bond donors (Lipinski definition) is 3. The third-order valence-electron chi connectivity index (χ3n) is 6.87. The van der Waals surface area contributed by atoms with Crippen LogP contribution in [0.25, 0.3) is 5.70 Å². The number of pyridine rings is 1. The number of ether oxygens (including phenoxy) is 1. The Labute approximate surface area is 239 Å². The van der Waals surface area contributed by atoms with Gasteiger partial charge >= 0.3 is 5.97 Å². The molecule has 0 radical (unpaired) electrons. The minimum atomic E-state index is -1.24. The summed E-state index contributed by atoms with van der Waals surface area (Å²) in [7, 11) is 0. The Morgan fingerprint density at radius 3 is 2.36 bits per heavy atom. The number of halogens is 3. The van der Waals surface area contributed by atoms with Gasteiger partial charge in [0.15, 0.2) is 5.78 Å². The summed E-state index contributed by atoms with van der Waals surface area (Å²) in [5, 5.41) is 21.3. The second-order valence-corrected chi connectivity index (χ2v) is 10.9. The number of carboxylic acids is 1. The fourth-order valence-electron chi connectivity index (χ4n) is 4.55. The third-order valence-corrected chi connectivity index (χ3v) is 7.81. The van der Waals surface area contributed by atoms with E-state index in [0.29, 0.717) is 32.6 Å². The molecular formula is C28H24Cl3N3O5. The van der Waals surface area contributed by atoms with E-state index >= 15 is 0 Å². The fourth-order valence-corrected chi connectivity index (χ4v) is 5.50. The van der Waals surface area contributed by atoms with E-state index in [1.54, 1.807) is 42.6 Å². The van der Waals surface area contributed by atoms with Crippen LogP contribution >= 0.6 is 34.8 Å². The van der Waals surface area contributed by atoms with Gasteiger partial charge in [0.05, 0.1) is 56.9 Å². The van der Waals surface area contributed by atoms with Crippen molar-refractivity contribution in [2.24, 2.45) is 11.7 Å². The predicted octanol–water partition coefficient (Wildman–Crippen LogP) is 5.18. The zero-order valence-electron chi connectivity index (χ0n) is 20.5. The lowest BCUT2D eigenvalue weighted by Gasteiger charge is -2.48. The summed E-state index contributed by atoms with van der Waals surface area (Å²) >= 11 is 19.2. The first-order valence-corrected chi connectivity index (χ1v) is 13.3. The van der Waals surface area contributed by atoms with Crippen molar-refractivity contribution in [3.05, 3.63) is 92.2 Å². The predicted molar refractivity (Wildman–Crippen MR) is 150 cm³/mol. The average Bonchev–Trinajstić information content (AvgIpc) is 3.72. The summed E-state index contributed by atoms with van der Waals surface area (Å²) in [6, 6.07) is 11.4. The van der Waals surface area contributed by atoms with Crippen LogP contribution in [0.3, 0.4) is 0 Å². The number of aromatic carboxylic acids is 1. The number of carboxylic acid groups (broad SMARTS) is 1. The molecule has 5 rings (SSSR count). The Bertz CT molecular complexity index is 1480. The van der Waals surface area contributed by atoms with Crippen molar-refractivity contribution < 1.29 is 24.5 Å². The van der Waals surface area contributed by atoms with Crippen molar-refractivity contribution in [2.75, 3.05) is 24.6 Å². The highest BCUT2D eigenvalue weighted by atomic mass is 35.5. The van der Waals surface area contributed by atoms with Crippen LogP contribution in [0, 0.1) is 5.92 Å². The van der Waals surface area contributed by atoms with E-state index in [4.69, 9.17) is 45.3 Å². The number of anilines is 1. The zero-order valence-corrected chi connectivity index (χ0v) is 22.8. The SMILES string of the molecule is NC(=C(COc1ccc(C2(O)CN(c3cncc(C(=O)O)c3)C2)c(Cl)c1)C(=O)C1CC1)c1c(Cl)cccc1Cl. The van der Waals surface area contributed by atoms with E-state index in [1.807, 2.05) is 4.90 Å². The molecule has 0 unspecified atom stereocenters. The molecule has 0 spiro atoms. The molecule has 1 saturated carbocycles. The Balaban J connectivity index is 1.32. The molecule has 2 aromatic carbocycles. The van der Waals surface area contributed by atoms with Gasteiger partial charge in [0.1, 0.15) is 18.0 Å². The van der Waals surface area contributed by atoms with E-state index in [9.17, 15) is 19.8 Å². The molecule has 3 aromatic rings. The lowest BCUT2D eigenvalue weighted by molar-refractivity contribution is -0.116. The van der Waals surface area contributed by atoms with Gasteiger partial charge in [-0.2, -0.15) is 0 Å². The van der Waals surface area contributed by atoms with Crippen LogP contribution in [0.1, 0.15) is 34.3 Å². The first kappa shape index (κ1) is 27.3. The third kappa shape index (κ3) is 5.56. The monoisotopic (exact) mass is 587 g/mol. The summed E-state index contributed by atoms with van der Waals surface area (Å²) in [4.78, 5) is 30.1. The molecule has 2 aliphatic rings. The highest BCUT2D eigenvalue weighted by Gasteiger charge is 2.44. The molecule has 8 nitrogen and oxygen atoms in total. The van der Waals surface area contributed by atoms with Gasteiger partial charge in [-0.1, -0.05) is 46.9 Å². The van der Waals surface area contributed by atoms with Crippen LogP contribution in [0.5, 0.6) is 5.75 Å². The number of hydrogen-bond acceptors (Lipinski definition) is 7. The van der Waals surface area contributed by atoms with Crippen molar-refractivity contribution in [3.8, 4) is 5.75 Å². The number of carbonyl (C=O) groups excluding carboxylic acids is 1. The fraction of sp³-hybridized carbons (Fsp3) is 0.250. The lowest BCUT2D eigenvalue weighted by atomic mass is 9.85. The second kappa shape index (κ2) is 10.7. The number of nitrogens with two attached hydrogens (primary N) is 1. The topological polar surface area (TPSA) is 126 Å². The van der Waals surface area contributed by atoms with E-state index < -0.39 is 11.6 Å². The summed E-state index contributed by atoms with van der Waals surface area (Å²) in [5.74, 6) is -0.888. The largest absolute Gasteiger partial charge is 0.489 e. The molecular weight excluding hydrogens is 565 g/mol. The maximum absolute atomic E-state index is 13.1. The number of rotatable bonds is 9. The summed E-state index contributed by atoms with van der Waals surface area (Å²) in [5.41, 5.74) is 7.17. The molecule has 202 valence electrons. The van der Waals surface area contributed by atoms with Crippen LogP contribution in [-0.4, -0.2) is 46.6 Å². The molecule has 4 N–H and O–H groups in total. The normalized spacial score (nSPS) is 16.8. The van der Waals surface area contributed by atoms with Crippen LogP contribution in [0.15, 0.2) is 60.4 Å². The van der Waals surface area contributed by atoms with Gasteiger partial charge in [0, 0.05) is 23.2 Å². The summed E-state index contributed by atoms with van der Waals surface area (Å²) in [6.07, 6.45) is 4.39. The molecule has 39 heavy (non-hydrogen) atoms. The van der Waals surface area contributed by atoms with E-state index in [-0.39, 0.29) is 53.3 Å². The number of aliphatic hydroxyl groups is 1. The van der Waals surface area contributed by atoms with Gasteiger partial charge in [-0.15, -0.1) is 0 Å². The summed E-state index contributed by atoms with van der Waals surface area (Å²) in [6.45, 7) is 0.300. The highest BCUT2D eigenvalue weighted by Crippen LogP contribution is 2.40. The van der Waals surface area contributed by atoms with E-state index in [2.05, 4.69) is 4.98 Å². The smallest absolute Gasteiger partial charge is 0.337 e. The molecule has 1 aromatic heterocycles. The minimum absolute atomic E-state index is 0.0634. The van der Waals surface area contributed by atoms with E-state index in [1.165, 1.54) is 12.3 Å². The van der Waals surface area contributed by atoms with Gasteiger partial charge in [-0.25, -0.2) is 4.79 Å². The zero-order chi connectivity index (χ0) is 27.9. The average molecular weight is 589 g/mol. The molecule has 0 bridgehead atoms. The Morgan fingerprint density at radius 1 is 1.05 bits per heavy atom. The number of aromatic nitrogens is 1. The molecule has 1 saturated heterocycles. The number of nitrogens with zero attached hydrogens (tertiary/aromatic N) is 2. The quantitative estimate of drug-likeness (QED) is 0.292. The lowest BCUT2D eigenvalue weighted by Crippen LogP contribution is -2.59. The molecule has 11 heteroatoms. The van der Waals surface area contributed by atoms with Crippen LogP contribution in [0.4, 0.5) is 5.69 Å². The minimum Gasteiger partial charge on any atom is -0.489 e. The summed E-state index contributed by atoms with van der Waals surface area (Å²) < 4.78 is 5.93. The van der Waals surface area contributed by atoms with Gasteiger partial charge < -0.3 is 25.6 Å². The van der Waals surface area contributed by atoms with Crippen molar-refractivity contribution in [2.45, 2.75) is 18.4 Å².